The van der Waals surface area contributed by atoms with E-state index in [1.165, 1.54) is 24.0 Å². The number of carbonyl (C=O) groups is 1. The molecule has 0 atom stereocenters. The lowest BCUT2D eigenvalue weighted by Gasteiger charge is -2.34. The van der Waals surface area contributed by atoms with Gasteiger partial charge in [0.2, 0.25) is 0 Å². The van der Waals surface area contributed by atoms with Gasteiger partial charge in [0.15, 0.2) is 0 Å². The number of hydrogen-bond donors (Lipinski definition) is 0. The molecule has 2 aliphatic heterocycles. The Balaban J connectivity index is 1.23. The topological polar surface area (TPSA) is 32.8 Å². The standard InChI is InChI=1S/C25H32N2O2/c1-2-17-29-24-10-6-4-7-21(24)13-16-26-14-11-20(12-15-26)18-27-19-22-8-3-5-9-23(22)25(27)28/h3-10,20H,2,11-19H2,1H3. The minimum absolute atomic E-state index is 0.215. The summed E-state index contributed by atoms with van der Waals surface area (Å²) in [7, 11) is 0. The van der Waals surface area contributed by atoms with Gasteiger partial charge < -0.3 is 14.5 Å². The Kier molecular flexibility index (Phi) is 6.50. The molecule has 4 nitrogen and oxygen atoms in total. The van der Waals surface area contributed by atoms with E-state index in [0.717, 1.165) is 63.5 Å². The Bertz CT molecular complexity index is 827. The van der Waals surface area contributed by atoms with Gasteiger partial charge in [0.05, 0.1) is 6.61 Å². The summed E-state index contributed by atoms with van der Waals surface area (Å²) < 4.78 is 5.90. The summed E-state index contributed by atoms with van der Waals surface area (Å²) in [5.74, 6) is 1.87. The van der Waals surface area contributed by atoms with Gasteiger partial charge in [-0.25, -0.2) is 0 Å². The maximum Gasteiger partial charge on any atom is 0.254 e. The number of para-hydroxylation sites is 1. The summed E-state index contributed by atoms with van der Waals surface area (Å²) in [4.78, 5) is 17.2. The van der Waals surface area contributed by atoms with Crippen molar-refractivity contribution < 1.29 is 9.53 Å². The minimum atomic E-state index is 0.215. The number of likely N-dealkylation sites (tertiary alicyclic amines) is 1. The van der Waals surface area contributed by atoms with Gasteiger partial charge in [-0.15, -0.1) is 0 Å². The van der Waals surface area contributed by atoms with Crippen molar-refractivity contribution in [3.8, 4) is 5.75 Å². The third-order valence-corrected chi connectivity index (χ3v) is 6.21. The second-order valence-corrected chi connectivity index (χ2v) is 8.33. The molecule has 0 bridgehead atoms. The molecule has 29 heavy (non-hydrogen) atoms. The molecule has 2 aromatic rings. The van der Waals surface area contributed by atoms with Crippen molar-refractivity contribution in [3.63, 3.8) is 0 Å². The van der Waals surface area contributed by atoms with Crippen molar-refractivity contribution in [3.05, 3.63) is 65.2 Å². The Morgan fingerprint density at radius 3 is 2.59 bits per heavy atom. The second-order valence-electron chi connectivity index (χ2n) is 8.33. The maximum absolute atomic E-state index is 12.6. The average Bonchev–Trinajstić information content (AvgIpc) is 3.08. The van der Waals surface area contributed by atoms with Crippen LogP contribution in [0.5, 0.6) is 5.75 Å². The van der Waals surface area contributed by atoms with E-state index in [0.29, 0.717) is 5.92 Å². The van der Waals surface area contributed by atoms with Gasteiger partial charge in [0.25, 0.3) is 5.91 Å². The Morgan fingerprint density at radius 1 is 1.03 bits per heavy atom. The van der Waals surface area contributed by atoms with Gasteiger partial charge in [-0.05, 0) is 68.0 Å². The fourth-order valence-corrected chi connectivity index (χ4v) is 4.51. The number of rotatable bonds is 8. The van der Waals surface area contributed by atoms with Gasteiger partial charge in [-0.2, -0.15) is 0 Å². The molecular weight excluding hydrogens is 360 g/mol. The first kappa shape index (κ1) is 20.0. The highest BCUT2D eigenvalue weighted by Gasteiger charge is 2.30. The van der Waals surface area contributed by atoms with Crippen LogP contribution >= 0.6 is 0 Å². The molecule has 0 aromatic heterocycles. The highest BCUT2D eigenvalue weighted by molar-refractivity contribution is 5.98. The summed E-state index contributed by atoms with van der Waals surface area (Å²) >= 11 is 0. The van der Waals surface area contributed by atoms with Crippen LogP contribution in [0.1, 0.15) is 47.7 Å². The smallest absolute Gasteiger partial charge is 0.254 e. The van der Waals surface area contributed by atoms with E-state index in [-0.39, 0.29) is 5.91 Å². The largest absolute Gasteiger partial charge is 0.493 e. The fraction of sp³-hybridized carbons (Fsp3) is 0.480. The molecule has 0 spiro atoms. The van der Waals surface area contributed by atoms with Crippen LogP contribution < -0.4 is 4.74 Å². The number of carbonyl (C=O) groups excluding carboxylic acids is 1. The van der Waals surface area contributed by atoms with Crippen LogP contribution in [-0.2, 0) is 13.0 Å². The zero-order chi connectivity index (χ0) is 20.1. The highest BCUT2D eigenvalue weighted by Crippen LogP contribution is 2.27. The first-order chi connectivity index (χ1) is 14.2. The number of amides is 1. The number of piperidine rings is 1. The molecule has 2 heterocycles. The number of ether oxygens (including phenoxy) is 1. The molecular formula is C25H32N2O2. The molecule has 154 valence electrons. The van der Waals surface area contributed by atoms with Crippen molar-refractivity contribution >= 4 is 5.91 Å². The van der Waals surface area contributed by atoms with Crippen molar-refractivity contribution in [2.24, 2.45) is 5.92 Å². The van der Waals surface area contributed by atoms with Gasteiger partial charge in [-0.1, -0.05) is 43.3 Å². The van der Waals surface area contributed by atoms with E-state index in [9.17, 15) is 4.79 Å². The van der Waals surface area contributed by atoms with Crippen LogP contribution in [-0.4, -0.2) is 48.5 Å². The van der Waals surface area contributed by atoms with Crippen LogP contribution in [0.3, 0.4) is 0 Å². The predicted molar refractivity (Wildman–Crippen MR) is 116 cm³/mol. The Hall–Kier alpha value is -2.33. The van der Waals surface area contributed by atoms with Crippen LogP contribution in [0.4, 0.5) is 0 Å². The summed E-state index contributed by atoms with van der Waals surface area (Å²) in [5, 5.41) is 0. The van der Waals surface area contributed by atoms with Gasteiger partial charge in [0, 0.05) is 25.2 Å². The average molecular weight is 393 g/mol. The van der Waals surface area contributed by atoms with E-state index in [1.54, 1.807) is 0 Å². The molecule has 2 aromatic carbocycles. The molecule has 2 aliphatic rings. The van der Waals surface area contributed by atoms with Crippen LogP contribution in [0, 0.1) is 5.92 Å². The lowest BCUT2D eigenvalue weighted by atomic mass is 9.96. The lowest BCUT2D eigenvalue weighted by molar-refractivity contribution is 0.0714. The number of benzene rings is 2. The monoisotopic (exact) mass is 392 g/mol. The van der Waals surface area contributed by atoms with Crippen LogP contribution in [0.2, 0.25) is 0 Å². The van der Waals surface area contributed by atoms with E-state index in [4.69, 9.17) is 4.74 Å². The van der Waals surface area contributed by atoms with Crippen molar-refractivity contribution in [1.29, 1.82) is 0 Å². The Morgan fingerprint density at radius 2 is 1.79 bits per heavy atom. The number of hydrogen-bond acceptors (Lipinski definition) is 3. The molecule has 1 fully saturated rings. The summed E-state index contributed by atoms with van der Waals surface area (Å²) in [6.45, 7) is 7.92. The molecule has 0 N–H and O–H groups in total. The molecule has 0 saturated carbocycles. The molecule has 1 saturated heterocycles. The van der Waals surface area contributed by atoms with E-state index in [1.807, 2.05) is 23.1 Å². The maximum atomic E-state index is 12.6. The van der Waals surface area contributed by atoms with E-state index >= 15 is 0 Å². The lowest BCUT2D eigenvalue weighted by Crippen LogP contribution is -2.39. The zero-order valence-corrected chi connectivity index (χ0v) is 17.5. The minimum Gasteiger partial charge on any atom is -0.493 e. The number of nitrogens with zero attached hydrogens (tertiary/aromatic N) is 2. The second kappa shape index (κ2) is 9.45. The predicted octanol–water partition coefficient (Wildman–Crippen LogP) is 4.39. The fourth-order valence-electron chi connectivity index (χ4n) is 4.51. The third-order valence-electron chi connectivity index (χ3n) is 6.21. The number of fused-ring (bicyclic) bond motifs is 1. The van der Waals surface area contributed by atoms with Gasteiger partial charge >= 0.3 is 0 Å². The third kappa shape index (κ3) is 4.81. The summed E-state index contributed by atoms with van der Waals surface area (Å²) in [5.41, 5.74) is 3.39. The van der Waals surface area contributed by atoms with Gasteiger partial charge in [0.1, 0.15) is 5.75 Å². The first-order valence-corrected chi connectivity index (χ1v) is 11.0. The van der Waals surface area contributed by atoms with Crippen molar-refractivity contribution in [1.82, 2.24) is 9.80 Å². The van der Waals surface area contributed by atoms with Crippen LogP contribution in [0.25, 0.3) is 0 Å². The molecule has 4 rings (SSSR count). The van der Waals surface area contributed by atoms with E-state index in [2.05, 4.69) is 42.2 Å². The highest BCUT2D eigenvalue weighted by atomic mass is 16.5. The quantitative estimate of drug-likeness (QED) is 0.668. The van der Waals surface area contributed by atoms with Crippen LogP contribution in [0.15, 0.2) is 48.5 Å². The molecule has 0 aliphatic carbocycles. The summed E-state index contributed by atoms with van der Waals surface area (Å²) in [6, 6.07) is 16.5. The summed E-state index contributed by atoms with van der Waals surface area (Å²) in [6.07, 6.45) is 4.42. The van der Waals surface area contributed by atoms with E-state index < -0.39 is 0 Å². The molecule has 0 unspecified atom stereocenters. The normalized spacial score (nSPS) is 17.6. The zero-order valence-electron chi connectivity index (χ0n) is 17.5. The molecule has 0 radical (unpaired) electrons. The Labute approximate surface area is 174 Å². The first-order valence-electron chi connectivity index (χ1n) is 11.0. The van der Waals surface area contributed by atoms with Crippen molar-refractivity contribution in [2.75, 3.05) is 32.8 Å². The SMILES string of the molecule is CCCOc1ccccc1CCN1CCC(CN2Cc3ccccc3C2=O)CC1. The van der Waals surface area contributed by atoms with Crippen molar-refractivity contribution in [2.45, 2.75) is 39.2 Å². The molecule has 1 amide bonds. The van der Waals surface area contributed by atoms with Gasteiger partial charge in [-0.3, -0.25) is 4.79 Å². The molecule has 4 heteroatoms.